The average molecular weight is 472 g/mol. The molecule has 4 aliphatic heterocycles. The molecule has 1 aliphatic carbocycles. The van der Waals surface area contributed by atoms with Crippen LogP contribution in [0.2, 0.25) is 0 Å². The molecule has 8 heteroatoms. The summed E-state index contributed by atoms with van der Waals surface area (Å²) in [6.45, 7) is 5.13. The van der Waals surface area contributed by atoms with Crippen LogP contribution < -0.4 is 0 Å². The molecule has 0 bridgehead atoms. The van der Waals surface area contributed by atoms with Gasteiger partial charge in [-0.25, -0.2) is 0 Å². The molecule has 186 valence electrons. The van der Waals surface area contributed by atoms with E-state index in [9.17, 15) is 19.5 Å². The van der Waals surface area contributed by atoms with Crippen molar-refractivity contribution in [3.63, 3.8) is 0 Å². The fourth-order valence-corrected chi connectivity index (χ4v) is 6.90. The standard InChI is InChI=1S/C26H37N3O5/c1-3-13-27-14-7-11-19-20(23(27)31)21-24(32)29(17(2)16-30)22-25(33)28(18-9-5-4-6-10-18)15-8-12-26(21,22)34-19/h7-8,11-12,17-22,30H,3-6,9-10,13-16H2,1-2H3/t17-,19-,20+,21+,22?,26+/m1/s1. The third-order valence-corrected chi connectivity index (χ3v) is 8.46. The van der Waals surface area contributed by atoms with Crippen LogP contribution in [0.5, 0.6) is 0 Å². The van der Waals surface area contributed by atoms with Gasteiger partial charge in [0, 0.05) is 25.7 Å². The Kier molecular flexibility index (Phi) is 6.31. The van der Waals surface area contributed by atoms with Gasteiger partial charge >= 0.3 is 0 Å². The number of rotatable bonds is 5. The van der Waals surface area contributed by atoms with Crippen molar-refractivity contribution in [3.8, 4) is 0 Å². The Hall–Kier alpha value is -2.19. The minimum atomic E-state index is -1.20. The maximum atomic E-state index is 14.2. The maximum absolute atomic E-state index is 14.2. The molecule has 2 saturated heterocycles. The molecular weight excluding hydrogens is 434 g/mol. The Morgan fingerprint density at radius 1 is 1.09 bits per heavy atom. The SMILES string of the molecule is CCCN1CC=C[C@H]2O[C@]34C=CCN(C5CCCCC5)C(=O)C3N([C@H](C)CO)C(=O)[C@@H]4[C@H]2C1=O. The van der Waals surface area contributed by atoms with E-state index >= 15 is 0 Å². The van der Waals surface area contributed by atoms with Gasteiger partial charge in [-0.2, -0.15) is 0 Å². The highest BCUT2D eigenvalue weighted by molar-refractivity contribution is 6.00. The number of carbonyl (C=O) groups is 3. The van der Waals surface area contributed by atoms with Crippen molar-refractivity contribution < 1.29 is 24.2 Å². The van der Waals surface area contributed by atoms with Gasteiger partial charge in [0.25, 0.3) is 0 Å². The van der Waals surface area contributed by atoms with E-state index in [1.807, 2.05) is 36.1 Å². The summed E-state index contributed by atoms with van der Waals surface area (Å²) in [4.78, 5) is 47.1. The smallest absolute Gasteiger partial charge is 0.249 e. The maximum Gasteiger partial charge on any atom is 0.249 e. The summed E-state index contributed by atoms with van der Waals surface area (Å²) in [5.41, 5.74) is -1.20. The summed E-state index contributed by atoms with van der Waals surface area (Å²) in [6.07, 6.45) is 13.3. The zero-order valence-corrected chi connectivity index (χ0v) is 20.3. The van der Waals surface area contributed by atoms with Crippen molar-refractivity contribution >= 4 is 17.7 Å². The third-order valence-electron chi connectivity index (χ3n) is 8.46. The molecule has 5 rings (SSSR count). The summed E-state index contributed by atoms with van der Waals surface area (Å²) in [5, 5.41) is 10.0. The second-order valence-electron chi connectivity index (χ2n) is 10.5. The number of aliphatic hydroxyl groups excluding tert-OH is 1. The Bertz CT molecular complexity index is 897. The number of amides is 3. The highest BCUT2D eigenvalue weighted by Gasteiger charge is 2.72. The van der Waals surface area contributed by atoms with Crippen LogP contribution in [0.15, 0.2) is 24.3 Å². The molecule has 5 aliphatic rings. The molecule has 1 unspecified atom stereocenters. The van der Waals surface area contributed by atoms with Crippen LogP contribution in [0.1, 0.15) is 52.4 Å². The third kappa shape index (κ3) is 3.44. The van der Waals surface area contributed by atoms with Gasteiger partial charge in [0.2, 0.25) is 17.7 Å². The molecule has 8 nitrogen and oxygen atoms in total. The van der Waals surface area contributed by atoms with Crippen molar-refractivity contribution in [2.45, 2.75) is 82.2 Å². The van der Waals surface area contributed by atoms with Gasteiger partial charge < -0.3 is 24.5 Å². The van der Waals surface area contributed by atoms with E-state index in [1.54, 1.807) is 11.8 Å². The van der Waals surface area contributed by atoms with Gasteiger partial charge in [0.1, 0.15) is 11.6 Å². The second-order valence-corrected chi connectivity index (χ2v) is 10.5. The molecule has 1 spiro atoms. The molecular formula is C26H37N3O5. The molecule has 6 atom stereocenters. The summed E-state index contributed by atoms with van der Waals surface area (Å²) >= 11 is 0. The van der Waals surface area contributed by atoms with Crippen LogP contribution >= 0.6 is 0 Å². The second kappa shape index (κ2) is 9.11. The van der Waals surface area contributed by atoms with Gasteiger partial charge in [-0.05, 0) is 26.2 Å². The fraction of sp³-hybridized carbons (Fsp3) is 0.731. The van der Waals surface area contributed by atoms with Crippen LogP contribution in [0.3, 0.4) is 0 Å². The van der Waals surface area contributed by atoms with E-state index in [0.717, 1.165) is 32.1 Å². The van der Waals surface area contributed by atoms with Gasteiger partial charge in [-0.1, -0.05) is 50.5 Å². The molecule has 0 aromatic heterocycles. The first-order valence-electron chi connectivity index (χ1n) is 13.0. The first-order valence-corrected chi connectivity index (χ1v) is 13.0. The number of nitrogens with zero attached hydrogens (tertiary/aromatic N) is 3. The number of carbonyl (C=O) groups excluding carboxylic acids is 3. The first-order chi connectivity index (χ1) is 16.4. The Morgan fingerprint density at radius 3 is 2.56 bits per heavy atom. The Balaban J connectivity index is 1.58. The largest absolute Gasteiger partial charge is 0.394 e. The average Bonchev–Trinajstić information content (AvgIpc) is 3.17. The zero-order chi connectivity index (χ0) is 24.0. The summed E-state index contributed by atoms with van der Waals surface area (Å²) in [6, 6.07) is -1.27. The molecule has 3 fully saturated rings. The lowest BCUT2D eigenvalue weighted by Gasteiger charge is -2.40. The first kappa shape index (κ1) is 23.5. The number of hydrogen-bond donors (Lipinski definition) is 1. The van der Waals surface area contributed by atoms with E-state index in [-0.39, 0.29) is 30.4 Å². The van der Waals surface area contributed by atoms with E-state index < -0.39 is 35.6 Å². The normalized spacial score (nSPS) is 36.9. The van der Waals surface area contributed by atoms with Gasteiger partial charge in [-0.3, -0.25) is 14.4 Å². The number of aliphatic hydroxyl groups is 1. The van der Waals surface area contributed by atoms with E-state index in [0.29, 0.717) is 19.6 Å². The van der Waals surface area contributed by atoms with Crippen molar-refractivity contribution in [3.05, 3.63) is 24.3 Å². The molecule has 4 heterocycles. The highest BCUT2D eigenvalue weighted by atomic mass is 16.5. The minimum Gasteiger partial charge on any atom is -0.394 e. The Labute approximate surface area is 201 Å². The number of likely N-dealkylation sites (tertiary alicyclic amines) is 1. The van der Waals surface area contributed by atoms with Crippen LogP contribution in [-0.2, 0) is 19.1 Å². The predicted octanol–water partition coefficient (Wildman–Crippen LogP) is 1.49. The summed E-state index contributed by atoms with van der Waals surface area (Å²) < 4.78 is 6.63. The van der Waals surface area contributed by atoms with Crippen LogP contribution in [0, 0.1) is 11.8 Å². The van der Waals surface area contributed by atoms with Gasteiger partial charge in [0.05, 0.1) is 30.6 Å². The van der Waals surface area contributed by atoms with E-state index in [2.05, 4.69) is 0 Å². The van der Waals surface area contributed by atoms with Crippen LogP contribution in [-0.4, -0.2) is 93.6 Å². The molecule has 0 aromatic rings. The van der Waals surface area contributed by atoms with E-state index in [4.69, 9.17) is 4.74 Å². The van der Waals surface area contributed by atoms with Crippen molar-refractivity contribution in [2.75, 3.05) is 26.2 Å². The topological polar surface area (TPSA) is 90.4 Å². The van der Waals surface area contributed by atoms with Crippen molar-refractivity contribution in [1.29, 1.82) is 0 Å². The fourth-order valence-electron chi connectivity index (χ4n) is 6.90. The van der Waals surface area contributed by atoms with Gasteiger partial charge in [0.15, 0.2) is 0 Å². The highest BCUT2D eigenvalue weighted by Crippen LogP contribution is 2.54. The van der Waals surface area contributed by atoms with Gasteiger partial charge in [-0.15, -0.1) is 0 Å². The van der Waals surface area contributed by atoms with Crippen molar-refractivity contribution in [2.24, 2.45) is 11.8 Å². The number of ether oxygens (including phenoxy) is 1. The number of hydrogen-bond acceptors (Lipinski definition) is 5. The lowest BCUT2D eigenvalue weighted by Crippen LogP contribution is -2.59. The van der Waals surface area contributed by atoms with E-state index in [1.165, 1.54) is 11.3 Å². The zero-order valence-electron chi connectivity index (χ0n) is 20.3. The lowest BCUT2D eigenvalue weighted by molar-refractivity contribution is -0.152. The van der Waals surface area contributed by atoms with Crippen LogP contribution in [0.4, 0.5) is 0 Å². The quantitative estimate of drug-likeness (QED) is 0.614. The molecule has 34 heavy (non-hydrogen) atoms. The summed E-state index contributed by atoms with van der Waals surface area (Å²) in [7, 11) is 0. The molecule has 1 N–H and O–H groups in total. The molecule has 0 aromatic carbocycles. The van der Waals surface area contributed by atoms with Crippen LogP contribution in [0.25, 0.3) is 0 Å². The minimum absolute atomic E-state index is 0.0847. The number of fused-ring (bicyclic) bond motifs is 2. The molecule has 0 radical (unpaired) electrons. The molecule has 1 saturated carbocycles. The predicted molar refractivity (Wildman–Crippen MR) is 126 cm³/mol. The Morgan fingerprint density at radius 2 is 1.85 bits per heavy atom. The molecule has 3 amide bonds. The van der Waals surface area contributed by atoms with Crippen molar-refractivity contribution in [1.82, 2.24) is 14.7 Å². The monoisotopic (exact) mass is 471 g/mol. The lowest BCUT2D eigenvalue weighted by atomic mass is 9.77. The summed E-state index contributed by atoms with van der Waals surface area (Å²) in [5.74, 6) is -1.92.